The number of nitrogens with zero attached hydrogens (tertiary/aromatic N) is 1. The molecule has 21 heavy (non-hydrogen) atoms. The molecule has 0 bridgehead atoms. The Balaban J connectivity index is 2.40. The van der Waals surface area contributed by atoms with Crippen LogP contribution in [0.25, 0.3) is 0 Å². The monoisotopic (exact) mass is 345 g/mol. The third-order valence-electron chi connectivity index (χ3n) is 2.93. The number of pyridine rings is 1. The van der Waals surface area contributed by atoms with Gasteiger partial charge in [0.15, 0.2) is 0 Å². The summed E-state index contributed by atoms with van der Waals surface area (Å²) in [5.74, 6) is 0. The number of hydrogen-bond donors (Lipinski definition) is 2. The fourth-order valence-corrected chi connectivity index (χ4v) is 3.15. The van der Waals surface area contributed by atoms with Crippen LogP contribution in [0.5, 0.6) is 0 Å². The van der Waals surface area contributed by atoms with Crippen molar-refractivity contribution in [3.8, 4) is 0 Å². The Kier molecular flexibility index (Phi) is 4.32. The Hall–Kier alpha value is -1.50. The summed E-state index contributed by atoms with van der Waals surface area (Å²) < 4.78 is 27.1. The second-order valence-corrected chi connectivity index (χ2v) is 7.00. The summed E-state index contributed by atoms with van der Waals surface area (Å²) in [4.78, 5) is 3.88. The van der Waals surface area contributed by atoms with Gasteiger partial charge in [0, 0.05) is 10.7 Å². The minimum absolute atomic E-state index is 0.0109. The number of anilines is 2. The lowest BCUT2D eigenvalue weighted by molar-refractivity contribution is 0.601. The quantitative estimate of drug-likeness (QED) is 0.659. The van der Waals surface area contributed by atoms with Crippen molar-refractivity contribution < 1.29 is 8.42 Å². The normalized spacial score (nSPS) is 11.4. The maximum atomic E-state index is 12.3. The maximum absolute atomic E-state index is 12.3. The minimum Gasteiger partial charge on any atom is -0.398 e. The molecule has 0 aliphatic heterocycles. The topological polar surface area (TPSA) is 85.1 Å². The highest BCUT2D eigenvalue weighted by molar-refractivity contribution is 7.92. The van der Waals surface area contributed by atoms with Crippen LogP contribution in [0.15, 0.2) is 29.3 Å². The predicted octanol–water partition coefficient (Wildman–Crippen LogP) is 3.39. The van der Waals surface area contributed by atoms with Gasteiger partial charge in [0.05, 0.1) is 16.8 Å². The van der Waals surface area contributed by atoms with Crippen LogP contribution in [-0.4, -0.2) is 13.4 Å². The van der Waals surface area contributed by atoms with Gasteiger partial charge in [0.1, 0.15) is 5.15 Å². The Bertz CT molecular complexity index is 784. The second-order valence-electron chi connectivity index (χ2n) is 4.56. The molecule has 0 fully saturated rings. The molecular formula is C13H13Cl2N3O2S. The first kappa shape index (κ1) is 15.9. The molecule has 1 heterocycles. The number of sulfonamides is 1. The van der Waals surface area contributed by atoms with Crippen LogP contribution in [0.2, 0.25) is 10.2 Å². The van der Waals surface area contributed by atoms with Crippen LogP contribution >= 0.6 is 23.2 Å². The van der Waals surface area contributed by atoms with E-state index in [0.717, 1.165) is 0 Å². The van der Waals surface area contributed by atoms with E-state index in [4.69, 9.17) is 28.9 Å². The van der Waals surface area contributed by atoms with E-state index in [-0.39, 0.29) is 4.90 Å². The standard InChI is InChI=1S/C13H13Cl2N3O2S/c1-7-3-9(6-17-13(7)15)18-21(19,20)10-4-11(14)8(2)12(16)5-10/h3-6,18H,16H2,1-2H3. The lowest BCUT2D eigenvalue weighted by Gasteiger charge is -2.11. The average Bonchev–Trinajstić information content (AvgIpc) is 2.39. The zero-order chi connectivity index (χ0) is 15.8. The van der Waals surface area contributed by atoms with Gasteiger partial charge < -0.3 is 5.73 Å². The fraction of sp³-hybridized carbons (Fsp3) is 0.154. The Morgan fingerprint density at radius 3 is 2.43 bits per heavy atom. The van der Waals surface area contributed by atoms with Gasteiger partial charge in [-0.1, -0.05) is 23.2 Å². The van der Waals surface area contributed by atoms with E-state index in [1.807, 2.05) is 0 Å². The lowest BCUT2D eigenvalue weighted by Crippen LogP contribution is -2.14. The van der Waals surface area contributed by atoms with Crippen LogP contribution in [0.3, 0.4) is 0 Å². The summed E-state index contributed by atoms with van der Waals surface area (Å²) in [6.45, 7) is 3.45. The lowest BCUT2D eigenvalue weighted by atomic mass is 10.2. The molecule has 0 atom stereocenters. The number of rotatable bonds is 3. The summed E-state index contributed by atoms with van der Waals surface area (Å²) in [7, 11) is -3.80. The van der Waals surface area contributed by atoms with Crippen molar-refractivity contribution in [3.05, 3.63) is 45.7 Å². The molecule has 3 N–H and O–H groups in total. The number of nitrogen functional groups attached to an aromatic ring is 1. The summed E-state index contributed by atoms with van der Waals surface area (Å²) >= 11 is 11.8. The second kappa shape index (κ2) is 5.71. The van der Waals surface area contributed by atoms with Crippen molar-refractivity contribution in [1.82, 2.24) is 4.98 Å². The molecule has 0 saturated carbocycles. The maximum Gasteiger partial charge on any atom is 0.262 e. The number of nitrogens with one attached hydrogen (secondary N) is 1. The Labute approximate surface area is 133 Å². The average molecular weight is 346 g/mol. The molecule has 2 rings (SSSR count). The molecule has 1 aromatic heterocycles. The van der Waals surface area contributed by atoms with Crippen LogP contribution in [0.1, 0.15) is 11.1 Å². The SMILES string of the molecule is Cc1cc(NS(=O)(=O)c2cc(N)c(C)c(Cl)c2)cnc1Cl. The number of benzene rings is 1. The first-order chi connectivity index (χ1) is 9.70. The van der Waals surface area contributed by atoms with E-state index in [1.54, 1.807) is 19.9 Å². The van der Waals surface area contributed by atoms with Gasteiger partial charge >= 0.3 is 0 Å². The van der Waals surface area contributed by atoms with Crippen molar-refractivity contribution >= 4 is 44.6 Å². The highest BCUT2D eigenvalue weighted by Gasteiger charge is 2.17. The molecule has 0 saturated heterocycles. The first-order valence-electron chi connectivity index (χ1n) is 5.91. The molecular weight excluding hydrogens is 333 g/mol. The van der Waals surface area contributed by atoms with Crippen LogP contribution in [0.4, 0.5) is 11.4 Å². The fourth-order valence-electron chi connectivity index (χ4n) is 1.66. The molecule has 0 unspecified atom stereocenters. The molecule has 2 aromatic rings. The zero-order valence-electron chi connectivity index (χ0n) is 11.3. The van der Waals surface area contributed by atoms with Crippen molar-refractivity contribution in [2.45, 2.75) is 18.7 Å². The molecule has 0 aliphatic rings. The molecule has 5 nitrogen and oxygen atoms in total. The molecule has 0 amide bonds. The smallest absolute Gasteiger partial charge is 0.262 e. The largest absolute Gasteiger partial charge is 0.398 e. The Morgan fingerprint density at radius 2 is 1.86 bits per heavy atom. The highest BCUT2D eigenvalue weighted by Crippen LogP contribution is 2.27. The van der Waals surface area contributed by atoms with Gasteiger partial charge in [-0.3, -0.25) is 4.72 Å². The van der Waals surface area contributed by atoms with E-state index >= 15 is 0 Å². The first-order valence-corrected chi connectivity index (χ1v) is 8.15. The number of nitrogens with two attached hydrogens (primary N) is 1. The molecule has 0 radical (unpaired) electrons. The van der Waals surface area contributed by atoms with Crippen molar-refractivity contribution in [3.63, 3.8) is 0 Å². The summed E-state index contributed by atoms with van der Waals surface area (Å²) in [5.41, 5.74) is 7.68. The molecule has 0 aliphatic carbocycles. The van der Waals surface area contributed by atoms with Gasteiger partial charge in [-0.15, -0.1) is 0 Å². The van der Waals surface area contributed by atoms with E-state index < -0.39 is 10.0 Å². The summed E-state index contributed by atoms with van der Waals surface area (Å²) in [6, 6.07) is 4.30. The van der Waals surface area contributed by atoms with Crippen LogP contribution < -0.4 is 10.5 Å². The summed E-state index contributed by atoms with van der Waals surface area (Å²) in [5, 5.41) is 0.612. The number of halogens is 2. The van der Waals surface area contributed by atoms with E-state index in [0.29, 0.717) is 32.7 Å². The Morgan fingerprint density at radius 1 is 1.19 bits per heavy atom. The minimum atomic E-state index is -3.80. The highest BCUT2D eigenvalue weighted by atomic mass is 35.5. The van der Waals surface area contributed by atoms with Crippen LogP contribution in [-0.2, 0) is 10.0 Å². The van der Waals surface area contributed by atoms with E-state index in [1.165, 1.54) is 18.3 Å². The van der Waals surface area contributed by atoms with Gasteiger partial charge in [-0.2, -0.15) is 0 Å². The van der Waals surface area contributed by atoms with Gasteiger partial charge in [-0.25, -0.2) is 13.4 Å². The van der Waals surface area contributed by atoms with Crippen LogP contribution in [0, 0.1) is 13.8 Å². The zero-order valence-corrected chi connectivity index (χ0v) is 13.6. The van der Waals surface area contributed by atoms with E-state index in [2.05, 4.69) is 9.71 Å². The predicted molar refractivity (Wildman–Crippen MR) is 85.4 cm³/mol. The molecule has 112 valence electrons. The van der Waals surface area contributed by atoms with Gasteiger partial charge in [-0.05, 0) is 43.2 Å². The van der Waals surface area contributed by atoms with Crippen molar-refractivity contribution in [2.24, 2.45) is 0 Å². The van der Waals surface area contributed by atoms with Gasteiger partial charge in [0.25, 0.3) is 10.0 Å². The third-order valence-corrected chi connectivity index (χ3v) is 5.08. The molecule has 8 heteroatoms. The van der Waals surface area contributed by atoms with Gasteiger partial charge in [0.2, 0.25) is 0 Å². The number of aromatic nitrogens is 1. The number of hydrogen-bond acceptors (Lipinski definition) is 4. The van der Waals surface area contributed by atoms with E-state index in [9.17, 15) is 8.42 Å². The molecule has 0 spiro atoms. The van der Waals surface area contributed by atoms with Crippen molar-refractivity contribution in [2.75, 3.05) is 10.5 Å². The molecule has 1 aromatic carbocycles. The number of aryl methyl sites for hydroxylation is 1. The van der Waals surface area contributed by atoms with Crippen molar-refractivity contribution in [1.29, 1.82) is 0 Å². The third kappa shape index (κ3) is 3.40. The summed E-state index contributed by atoms with van der Waals surface area (Å²) in [6.07, 6.45) is 1.34.